The molecule has 0 aromatic carbocycles. The van der Waals surface area contributed by atoms with Crippen molar-refractivity contribution < 1.29 is 5.11 Å². The van der Waals surface area contributed by atoms with Gasteiger partial charge in [-0.2, -0.15) is 5.26 Å². The molecule has 0 amide bonds. The molecule has 0 aromatic heterocycles. The molecular formula is C12H17NO. The van der Waals surface area contributed by atoms with Gasteiger partial charge in [0.25, 0.3) is 0 Å². The van der Waals surface area contributed by atoms with Crippen LogP contribution in [-0.4, -0.2) is 11.7 Å². The van der Waals surface area contributed by atoms with Crippen LogP contribution in [0.5, 0.6) is 0 Å². The Bertz CT molecular complexity index is 313. The molecule has 2 bridgehead atoms. The number of nitrogens with zero attached hydrogens (tertiary/aromatic N) is 1. The van der Waals surface area contributed by atoms with Crippen molar-refractivity contribution in [3.8, 4) is 6.07 Å². The van der Waals surface area contributed by atoms with E-state index in [1.165, 1.54) is 17.6 Å². The smallest absolute Gasteiger partial charge is 0.0625 e. The largest absolute Gasteiger partial charge is 0.396 e. The lowest BCUT2D eigenvalue weighted by Crippen LogP contribution is -2.26. The van der Waals surface area contributed by atoms with E-state index in [4.69, 9.17) is 5.26 Å². The molecule has 2 nitrogen and oxygen atoms in total. The van der Waals surface area contributed by atoms with Gasteiger partial charge in [-0.25, -0.2) is 0 Å². The number of aliphatic hydroxyl groups is 1. The van der Waals surface area contributed by atoms with Crippen LogP contribution in [0.3, 0.4) is 0 Å². The van der Waals surface area contributed by atoms with Crippen LogP contribution < -0.4 is 0 Å². The summed E-state index contributed by atoms with van der Waals surface area (Å²) in [5.74, 6) is 1.90. The molecule has 0 radical (unpaired) electrons. The number of allylic oxidation sites excluding steroid dienone is 2. The average molecular weight is 191 g/mol. The van der Waals surface area contributed by atoms with Crippen LogP contribution >= 0.6 is 0 Å². The topological polar surface area (TPSA) is 44.0 Å². The van der Waals surface area contributed by atoms with Gasteiger partial charge in [0.15, 0.2) is 0 Å². The number of hydrogen-bond acceptors (Lipinski definition) is 2. The first-order valence-electron chi connectivity index (χ1n) is 5.35. The molecule has 1 saturated carbocycles. The van der Waals surface area contributed by atoms with Crippen molar-refractivity contribution >= 4 is 0 Å². The van der Waals surface area contributed by atoms with Gasteiger partial charge in [-0.3, -0.25) is 0 Å². The summed E-state index contributed by atoms with van der Waals surface area (Å²) in [5, 5.41) is 18.1. The lowest BCUT2D eigenvalue weighted by atomic mass is 9.76. The van der Waals surface area contributed by atoms with E-state index in [1.807, 2.05) is 0 Å². The van der Waals surface area contributed by atoms with Crippen molar-refractivity contribution in [2.45, 2.75) is 26.7 Å². The standard InChI is InChI=1S/C12H17NO/c1-7-8(2)11-5-10(7)9(3-4-13)12(11)6-14/h9-12,14H,3,5-6H2,1-2H3. The molecule has 4 atom stereocenters. The number of nitriles is 1. The van der Waals surface area contributed by atoms with Crippen molar-refractivity contribution in [2.24, 2.45) is 23.7 Å². The minimum Gasteiger partial charge on any atom is -0.396 e. The monoisotopic (exact) mass is 191 g/mol. The molecule has 0 saturated heterocycles. The van der Waals surface area contributed by atoms with E-state index in [-0.39, 0.29) is 6.61 Å². The Kier molecular flexibility index (Phi) is 2.36. The Morgan fingerprint density at radius 3 is 2.36 bits per heavy atom. The number of rotatable bonds is 2. The molecule has 2 rings (SSSR count). The van der Waals surface area contributed by atoms with Crippen molar-refractivity contribution in [1.29, 1.82) is 5.26 Å². The van der Waals surface area contributed by atoms with E-state index in [9.17, 15) is 5.11 Å². The Balaban J connectivity index is 2.27. The zero-order valence-corrected chi connectivity index (χ0v) is 8.83. The molecule has 76 valence electrons. The van der Waals surface area contributed by atoms with Crippen LogP contribution in [0.25, 0.3) is 0 Å². The van der Waals surface area contributed by atoms with E-state index < -0.39 is 0 Å². The fourth-order valence-electron chi connectivity index (χ4n) is 3.46. The quantitative estimate of drug-likeness (QED) is 0.679. The van der Waals surface area contributed by atoms with Gasteiger partial charge >= 0.3 is 0 Å². The van der Waals surface area contributed by atoms with Gasteiger partial charge in [0, 0.05) is 13.0 Å². The molecule has 0 aromatic rings. The Hall–Kier alpha value is -0.810. The van der Waals surface area contributed by atoms with Crippen LogP contribution in [0.2, 0.25) is 0 Å². The van der Waals surface area contributed by atoms with Crippen molar-refractivity contribution in [2.75, 3.05) is 6.61 Å². The van der Waals surface area contributed by atoms with Crippen molar-refractivity contribution in [1.82, 2.24) is 0 Å². The fraction of sp³-hybridized carbons (Fsp3) is 0.750. The van der Waals surface area contributed by atoms with Crippen LogP contribution in [-0.2, 0) is 0 Å². The van der Waals surface area contributed by atoms with Crippen LogP contribution in [0.4, 0.5) is 0 Å². The number of fused-ring (bicyclic) bond motifs is 2. The SMILES string of the molecule is CC1=C(C)C2CC1C(CO)C2CC#N. The first-order valence-corrected chi connectivity index (χ1v) is 5.35. The van der Waals surface area contributed by atoms with Crippen LogP contribution in [0, 0.1) is 35.0 Å². The minimum atomic E-state index is 0.248. The fourth-order valence-corrected chi connectivity index (χ4v) is 3.46. The van der Waals surface area contributed by atoms with Gasteiger partial charge < -0.3 is 5.11 Å². The Morgan fingerprint density at radius 2 is 1.86 bits per heavy atom. The summed E-state index contributed by atoms with van der Waals surface area (Å²) >= 11 is 0. The summed E-state index contributed by atoms with van der Waals surface area (Å²) < 4.78 is 0. The van der Waals surface area contributed by atoms with Crippen LogP contribution in [0.1, 0.15) is 26.7 Å². The van der Waals surface area contributed by atoms with E-state index >= 15 is 0 Å². The van der Waals surface area contributed by atoms with E-state index in [0.717, 1.165) is 0 Å². The summed E-state index contributed by atoms with van der Waals surface area (Å²) in [6, 6.07) is 2.26. The number of hydrogen-bond donors (Lipinski definition) is 1. The van der Waals surface area contributed by atoms with Crippen molar-refractivity contribution in [3.63, 3.8) is 0 Å². The molecule has 1 fully saturated rings. The maximum Gasteiger partial charge on any atom is 0.0625 e. The second kappa shape index (κ2) is 3.40. The van der Waals surface area contributed by atoms with Gasteiger partial charge in [0.05, 0.1) is 6.07 Å². The highest BCUT2D eigenvalue weighted by Crippen LogP contribution is 2.55. The summed E-state index contributed by atoms with van der Waals surface area (Å²) in [4.78, 5) is 0. The number of aliphatic hydroxyl groups excluding tert-OH is 1. The predicted octanol–water partition coefficient (Wildman–Crippen LogP) is 2.11. The molecule has 2 heteroatoms. The summed E-state index contributed by atoms with van der Waals surface area (Å²) in [7, 11) is 0. The molecule has 0 spiro atoms. The molecule has 0 heterocycles. The third kappa shape index (κ3) is 1.12. The second-order valence-corrected chi connectivity index (χ2v) is 4.69. The van der Waals surface area contributed by atoms with E-state index in [2.05, 4.69) is 19.9 Å². The van der Waals surface area contributed by atoms with Gasteiger partial charge in [-0.1, -0.05) is 11.1 Å². The molecular weight excluding hydrogens is 174 g/mol. The third-order valence-corrected chi connectivity index (χ3v) is 4.36. The molecule has 4 unspecified atom stereocenters. The molecule has 2 aliphatic rings. The van der Waals surface area contributed by atoms with Crippen LogP contribution in [0.15, 0.2) is 11.1 Å². The third-order valence-electron chi connectivity index (χ3n) is 4.36. The lowest BCUT2D eigenvalue weighted by Gasteiger charge is -2.29. The normalized spacial score (nSPS) is 40.4. The minimum absolute atomic E-state index is 0.248. The summed E-state index contributed by atoms with van der Waals surface area (Å²) in [5.41, 5.74) is 2.96. The maximum absolute atomic E-state index is 9.36. The second-order valence-electron chi connectivity index (χ2n) is 4.69. The van der Waals surface area contributed by atoms with Gasteiger partial charge in [-0.15, -0.1) is 0 Å². The summed E-state index contributed by atoms with van der Waals surface area (Å²) in [6.45, 7) is 4.63. The maximum atomic E-state index is 9.36. The highest BCUT2D eigenvalue weighted by molar-refractivity contribution is 5.29. The highest BCUT2D eigenvalue weighted by atomic mass is 16.3. The molecule has 0 aliphatic heterocycles. The predicted molar refractivity (Wildman–Crippen MR) is 54.3 cm³/mol. The summed E-state index contributed by atoms with van der Waals surface area (Å²) in [6.07, 6.45) is 1.78. The average Bonchev–Trinajstić information content (AvgIpc) is 2.66. The molecule has 1 N–H and O–H groups in total. The zero-order chi connectivity index (χ0) is 10.3. The first kappa shape index (κ1) is 9.73. The highest BCUT2D eigenvalue weighted by Gasteiger charge is 2.48. The van der Waals surface area contributed by atoms with Gasteiger partial charge in [-0.05, 0) is 43.9 Å². The van der Waals surface area contributed by atoms with E-state index in [1.54, 1.807) is 0 Å². The Morgan fingerprint density at radius 1 is 1.29 bits per heavy atom. The lowest BCUT2D eigenvalue weighted by molar-refractivity contribution is 0.159. The van der Waals surface area contributed by atoms with Gasteiger partial charge in [0.2, 0.25) is 0 Å². The first-order chi connectivity index (χ1) is 6.70. The zero-order valence-electron chi connectivity index (χ0n) is 8.83. The molecule has 2 aliphatic carbocycles. The van der Waals surface area contributed by atoms with E-state index in [0.29, 0.717) is 30.1 Å². The van der Waals surface area contributed by atoms with Gasteiger partial charge in [0.1, 0.15) is 0 Å². The Labute approximate surface area is 85.2 Å². The van der Waals surface area contributed by atoms with Crippen molar-refractivity contribution in [3.05, 3.63) is 11.1 Å². The molecule has 14 heavy (non-hydrogen) atoms.